The number of thiophene rings is 1. The van der Waals surface area contributed by atoms with E-state index in [1.807, 2.05) is 6.07 Å². The van der Waals surface area contributed by atoms with Crippen molar-refractivity contribution in [3.63, 3.8) is 0 Å². The fraction of sp³-hybridized carbons (Fsp3) is 0.600. The van der Waals surface area contributed by atoms with E-state index in [4.69, 9.17) is 10.5 Å². The Morgan fingerprint density at radius 3 is 3.07 bits per heavy atom. The second-order valence-electron chi connectivity index (χ2n) is 3.70. The van der Waals surface area contributed by atoms with Gasteiger partial charge in [-0.3, -0.25) is 4.90 Å². The van der Waals surface area contributed by atoms with Gasteiger partial charge in [0.05, 0.1) is 12.0 Å². The summed E-state index contributed by atoms with van der Waals surface area (Å²) in [5.41, 5.74) is 5.86. The molecular formula is C10H17ClN2OS. The van der Waals surface area contributed by atoms with Crippen molar-refractivity contribution in [1.29, 1.82) is 0 Å². The molecule has 0 spiro atoms. The Morgan fingerprint density at radius 1 is 1.67 bits per heavy atom. The van der Waals surface area contributed by atoms with E-state index in [0.29, 0.717) is 6.04 Å². The monoisotopic (exact) mass is 248 g/mol. The van der Waals surface area contributed by atoms with E-state index < -0.39 is 0 Å². The maximum atomic E-state index is 5.86. The van der Waals surface area contributed by atoms with Crippen LogP contribution in [0.15, 0.2) is 11.4 Å². The Bertz CT molecular complexity index is 305. The Balaban J connectivity index is 0.00000112. The van der Waals surface area contributed by atoms with E-state index in [0.717, 1.165) is 31.8 Å². The first kappa shape index (κ1) is 12.8. The molecule has 2 N–H and O–H groups in total. The summed E-state index contributed by atoms with van der Waals surface area (Å²) in [6.07, 6.45) is 1.12. The largest absolute Gasteiger partial charge is 0.496 e. The summed E-state index contributed by atoms with van der Waals surface area (Å²) in [6.45, 7) is 3.11. The Kier molecular flexibility index (Phi) is 4.86. The first-order valence-electron chi connectivity index (χ1n) is 4.88. The lowest BCUT2D eigenvalue weighted by Crippen LogP contribution is -2.26. The lowest BCUT2D eigenvalue weighted by molar-refractivity contribution is 0.321. The number of halogens is 1. The fourth-order valence-electron chi connectivity index (χ4n) is 1.84. The van der Waals surface area contributed by atoms with Gasteiger partial charge >= 0.3 is 0 Å². The molecule has 0 saturated carbocycles. The van der Waals surface area contributed by atoms with Crippen LogP contribution in [0, 0.1) is 0 Å². The number of nitrogens with two attached hydrogens (primary N) is 1. The Labute approximate surface area is 101 Å². The first-order valence-corrected chi connectivity index (χ1v) is 5.76. The van der Waals surface area contributed by atoms with Crippen molar-refractivity contribution in [3.8, 4) is 5.75 Å². The molecule has 2 heterocycles. The number of hydrogen-bond acceptors (Lipinski definition) is 4. The molecule has 1 aromatic rings. The molecule has 3 nitrogen and oxygen atoms in total. The van der Waals surface area contributed by atoms with Gasteiger partial charge in [0.25, 0.3) is 0 Å². The molecule has 5 heteroatoms. The van der Waals surface area contributed by atoms with Gasteiger partial charge in [-0.05, 0) is 17.9 Å². The molecule has 0 bridgehead atoms. The van der Waals surface area contributed by atoms with Gasteiger partial charge in [0.15, 0.2) is 0 Å². The third-order valence-electron chi connectivity index (χ3n) is 2.60. The number of methoxy groups -OCH3 is 1. The van der Waals surface area contributed by atoms with Crippen molar-refractivity contribution in [3.05, 3.63) is 16.3 Å². The predicted octanol–water partition coefficient (Wildman–Crippen LogP) is 1.71. The zero-order valence-electron chi connectivity index (χ0n) is 8.81. The number of rotatable bonds is 3. The van der Waals surface area contributed by atoms with Gasteiger partial charge in [-0.1, -0.05) is 0 Å². The van der Waals surface area contributed by atoms with Crippen LogP contribution in [-0.4, -0.2) is 31.1 Å². The average molecular weight is 249 g/mol. The second kappa shape index (κ2) is 5.70. The van der Waals surface area contributed by atoms with Crippen LogP contribution in [0.25, 0.3) is 0 Å². The lowest BCUT2D eigenvalue weighted by atomic mass is 10.3. The molecule has 15 heavy (non-hydrogen) atoms. The topological polar surface area (TPSA) is 38.5 Å². The minimum atomic E-state index is 0. The van der Waals surface area contributed by atoms with E-state index in [9.17, 15) is 0 Å². The highest BCUT2D eigenvalue weighted by molar-refractivity contribution is 7.10. The van der Waals surface area contributed by atoms with Gasteiger partial charge in [-0.25, -0.2) is 0 Å². The van der Waals surface area contributed by atoms with Crippen LogP contribution >= 0.6 is 23.7 Å². The molecule has 1 atom stereocenters. The van der Waals surface area contributed by atoms with Crippen LogP contribution in [-0.2, 0) is 6.54 Å². The van der Waals surface area contributed by atoms with E-state index >= 15 is 0 Å². The molecule has 0 radical (unpaired) electrons. The second-order valence-corrected chi connectivity index (χ2v) is 4.70. The molecular weight excluding hydrogens is 232 g/mol. The molecule has 86 valence electrons. The molecule has 1 aliphatic heterocycles. The Morgan fingerprint density at radius 2 is 2.47 bits per heavy atom. The minimum absolute atomic E-state index is 0. The van der Waals surface area contributed by atoms with E-state index in [2.05, 4.69) is 10.3 Å². The van der Waals surface area contributed by atoms with Gasteiger partial charge in [0.1, 0.15) is 5.75 Å². The third-order valence-corrected chi connectivity index (χ3v) is 3.49. The highest BCUT2D eigenvalue weighted by Gasteiger charge is 2.20. The zero-order chi connectivity index (χ0) is 9.97. The first-order chi connectivity index (χ1) is 6.79. The SMILES string of the molecule is COc1ccsc1CN1CC[C@@H](N)C1.Cl. The quantitative estimate of drug-likeness (QED) is 0.885. The van der Waals surface area contributed by atoms with Gasteiger partial charge in [0.2, 0.25) is 0 Å². The van der Waals surface area contributed by atoms with Gasteiger partial charge in [0, 0.05) is 25.7 Å². The lowest BCUT2D eigenvalue weighted by Gasteiger charge is -2.14. The van der Waals surface area contributed by atoms with Crippen molar-refractivity contribution in [1.82, 2.24) is 4.90 Å². The van der Waals surface area contributed by atoms with Crippen LogP contribution in [0.4, 0.5) is 0 Å². The Hall–Kier alpha value is -0.290. The molecule has 1 aliphatic rings. The van der Waals surface area contributed by atoms with Gasteiger partial charge < -0.3 is 10.5 Å². The van der Waals surface area contributed by atoms with Crippen LogP contribution < -0.4 is 10.5 Å². The molecule has 0 unspecified atom stereocenters. The van der Waals surface area contributed by atoms with Gasteiger partial charge in [-0.15, -0.1) is 23.7 Å². The van der Waals surface area contributed by atoms with Crippen LogP contribution in [0.1, 0.15) is 11.3 Å². The van der Waals surface area contributed by atoms with Crippen molar-refractivity contribution >= 4 is 23.7 Å². The van der Waals surface area contributed by atoms with Crippen LogP contribution in [0.3, 0.4) is 0 Å². The summed E-state index contributed by atoms with van der Waals surface area (Å²) < 4.78 is 5.27. The van der Waals surface area contributed by atoms with E-state index in [-0.39, 0.29) is 12.4 Å². The summed E-state index contributed by atoms with van der Waals surface area (Å²) >= 11 is 1.75. The number of likely N-dealkylation sites (tertiary alicyclic amines) is 1. The minimum Gasteiger partial charge on any atom is -0.496 e. The molecule has 0 amide bonds. The highest BCUT2D eigenvalue weighted by Crippen LogP contribution is 2.26. The number of nitrogens with zero attached hydrogens (tertiary/aromatic N) is 1. The summed E-state index contributed by atoms with van der Waals surface area (Å²) in [7, 11) is 1.72. The van der Waals surface area contributed by atoms with Crippen molar-refractivity contribution in [2.75, 3.05) is 20.2 Å². The fourth-order valence-corrected chi connectivity index (χ4v) is 2.72. The summed E-state index contributed by atoms with van der Waals surface area (Å²) in [5.74, 6) is 1.01. The van der Waals surface area contributed by atoms with Gasteiger partial charge in [-0.2, -0.15) is 0 Å². The standard InChI is InChI=1S/C10H16N2OS.ClH/c1-13-9-3-5-14-10(9)7-12-4-2-8(11)6-12;/h3,5,8H,2,4,6-7,11H2,1H3;1H/t8-;/m1./s1. The molecule has 0 aliphatic carbocycles. The van der Waals surface area contributed by atoms with Crippen LogP contribution in [0.5, 0.6) is 5.75 Å². The van der Waals surface area contributed by atoms with Crippen molar-refractivity contribution in [2.24, 2.45) is 5.73 Å². The molecule has 1 saturated heterocycles. The zero-order valence-corrected chi connectivity index (χ0v) is 10.4. The molecule has 0 aromatic carbocycles. The maximum Gasteiger partial charge on any atom is 0.134 e. The molecule has 1 fully saturated rings. The summed E-state index contributed by atoms with van der Waals surface area (Å²) in [4.78, 5) is 3.69. The maximum absolute atomic E-state index is 5.86. The van der Waals surface area contributed by atoms with Crippen LogP contribution in [0.2, 0.25) is 0 Å². The smallest absolute Gasteiger partial charge is 0.134 e. The summed E-state index contributed by atoms with van der Waals surface area (Å²) in [5, 5.41) is 2.07. The van der Waals surface area contributed by atoms with Crippen molar-refractivity contribution in [2.45, 2.75) is 19.0 Å². The highest BCUT2D eigenvalue weighted by atomic mass is 35.5. The average Bonchev–Trinajstić information content (AvgIpc) is 2.76. The molecule has 2 rings (SSSR count). The van der Waals surface area contributed by atoms with E-state index in [1.165, 1.54) is 4.88 Å². The number of ether oxygens (including phenoxy) is 1. The number of hydrogen-bond donors (Lipinski definition) is 1. The van der Waals surface area contributed by atoms with Crippen molar-refractivity contribution < 1.29 is 4.74 Å². The summed E-state index contributed by atoms with van der Waals surface area (Å²) in [6, 6.07) is 2.39. The van der Waals surface area contributed by atoms with E-state index in [1.54, 1.807) is 18.4 Å². The molecule has 1 aromatic heterocycles. The predicted molar refractivity (Wildman–Crippen MR) is 66.0 cm³/mol. The third kappa shape index (κ3) is 3.08. The normalized spacial score (nSPS) is 21.3.